The number of hydrogen-bond donors (Lipinski definition) is 0. The number of carbonyl (C=O) groups is 2. The highest BCUT2D eigenvalue weighted by atomic mass is 16.5. The number of nitriles is 1. The van der Waals surface area contributed by atoms with Crippen molar-refractivity contribution in [3.63, 3.8) is 0 Å². The van der Waals surface area contributed by atoms with Gasteiger partial charge in [-0.1, -0.05) is 24.3 Å². The van der Waals surface area contributed by atoms with Gasteiger partial charge in [0, 0.05) is 32.7 Å². The first-order valence-corrected chi connectivity index (χ1v) is 11.4. The average molecular weight is 466 g/mol. The maximum Gasteiger partial charge on any atom is 0.315 e. The van der Waals surface area contributed by atoms with E-state index in [-0.39, 0.29) is 25.0 Å². The van der Waals surface area contributed by atoms with E-state index in [1.54, 1.807) is 31.1 Å². The lowest BCUT2D eigenvalue weighted by molar-refractivity contribution is -0.149. The van der Waals surface area contributed by atoms with Gasteiger partial charge in [0.15, 0.2) is 0 Å². The Kier molecular flexibility index (Phi) is 9.44. The Labute approximate surface area is 200 Å². The number of esters is 1. The van der Waals surface area contributed by atoms with Crippen molar-refractivity contribution in [1.82, 2.24) is 9.80 Å². The predicted molar refractivity (Wildman–Crippen MR) is 126 cm³/mol. The first kappa shape index (κ1) is 25.2. The highest BCUT2D eigenvalue weighted by Crippen LogP contribution is 2.25. The Hall–Kier alpha value is -3.41. The molecule has 0 radical (unpaired) electrons. The molecule has 1 heterocycles. The number of methoxy groups -OCH3 is 1. The minimum absolute atomic E-state index is 0.195. The molecule has 0 bridgehead atoms. The molecule has 2 aromatic rings. The topological polar surface area (TPSA) is 92.1 Å². The number of benzene rings is 2. The van der Waals surface area contributed by atoms with E-state index in [4.69, 9.17) is 19.5 Å². The number of carbonyl (C=O) groups excluding carboxylic acids is 2. The molecule has 1 fully saturated rings. The Morgan fingerprint density at radius 3 is 2.47 bits per heavy atom. The monoisotopic (exact) mass is 465 g/mol. The molecular weight excluding hydrogens is 434 g/mol. The van der Waals surface area contributed by atoms with Crippen LogP contribution in [0.1, 0.15) is 36.1 Å². The summed E-state index contributed by atoms with van der Waals surface area (Å²) < 4.78 is 16.6. The van der Waals surface area contributed by atoms with Gasteiger partial charge < -0.3 is 19.1 Å². The molecule has 0 aromatic heterocycles. The standard InChI is InChI=1S/C26H31N3O5/c1-3-33-26(31)16-25(30)29-13-11-28(12-14-29)18-24(22-5-4-6-23(15-22)32-2)34-19-21-9-7-20(17-27)8-10-21/h4-10,15,24H,3,11-14,16,18-19H2,1-2H3/t24-/m0/s1. The van der Waals surface area contributed by atoms with E-state index in [0.717, 1.165) is 16.9 Å². The molecule has 1 aliphatic rings. The molecule has 0 spiro atoms. The van der Waals surface area contributed by atoms with Crippen molar-refractivity contribution in [2.75, 3.05) is 46.4 Å². The van der Waals surface area contributed by atoms with Crippen molar-refractivity contribution in [3.8, 4) is 11.8 Å². The van der Waals surface area contributed by atoms with E-state index in [1.807, 2.05) is 36.4 Å². The minimum Gasteiger partial charge on any atom is -0.497 e. The van der Waals surface area contributed by atoms with Crippen molar-refractivity contribution >= 4 is 11.9 Å². The summed E-state index contributed by atoms with van der Waals surface area (Å²) in [5, 5.41) is 9.00. The van der Waals surface area contributed by atoms with Crippen molar-refractivity contribution < 1.29 is 23.8 Å². The van der Waals surface area contributed by atoms with Gasteiger partial charge >= 0.3 is 5.97 Å². The molecule has 34 heavy (non-hydrogen) atoms. The maximum absolute atomic E-state index is 12.4. The van der Waals surface area contributed by atoms with Crippen LogP contribution in [0.2, 0.25) is 0 Å². The molecule has 0 aliphatic carbocycles. The third kappa shape index (κ3) is 7.30. The van der Waals surface area contributed by atoms with Gasteiger partial charge in [-0.25, -0.2) is 0 Å². The Morgan fingerprint density at radius 2 is 1.82 bits per heavy atom. The van der Waals surface area contributed by atoms with Crippen LogP contribution in [0, 0.1) is 11.3 Å². The number of piperazine rings is 1. The summed E-state index contributed by atoms with van der Waals surface area (Å²) >= 11 is 0. The summed E-state index contributed by atoms with van der Waals surface area (Å²) in [6.45, 7) is 5.55. The zero-order valence-corrected chi connectivity index (χ0v) is 19.7. The van der Waals surface area contributed by atoms with Crippen LogP contribution in [0.5, 0.6) is 5.75 Å². The van der Waals surface area contributed by atoms with E-state index in [9.17, 15) is 9.59 Å². The SMILES string of the molecule is CCOC(=O)CC(=O)N1CCN(C[C@H](OCc2ccc(C#N)cc2)c2cccc(OC)c2)CC1. The largest absolute Gasteiger partial charge is 0.497 e. The van der Waals surface area contributed by atoms with Crippen molar-refractivity contribution in [3.05, 3.63) is 65.2 Å². The van der Waals surface area contributed by atoms with Gasteiger partial charge in [-0.2, -0.15) is 5.26 Å². The first-order chi connectivity index (χ1) is 16.5. The molecule has 1 atom stereocenters. The summed E-state index contributed by atoms with van der Waals surface area (Å²) in [4.78, 5) is 27.9. The molecule has 3 rings (SSSR count). The lowest BCUT2D eigenvalue weighted by atomic mass is 10.1. The summed E-state index contributed by atoms with van der Waals surface area (Å²) in [5.41, 5.74) is 2.61. The summed E-state index contributed by atoms with van der Waals surface area (Å²) in [7, 11) is 1.64. The molecule has 8 heteroatoms. The zero-order chi connectivity index (χ0) is 24.3. The van der Waals surface area contributed by atoms with Gasteiger partial charge in [-0.3, -0.25) is 14.5 Å². The first-order valence-electron chi connectivity index (χ1n) is 11.4. The van der Waals surface area contributed by atoms with Crippen molar-refractivity contribution in [2.45, 2.75) is 26.1 Å². The van der Waals surface area contributed by atoms with Gasteiger partial charge in [0.2, 0.25) is 5.91 Å². The van der Waals surface area contributed by atoms with Crippen LogP contribution in [0.3, 0.4) is 0 Å². The summed E-state index contributed by atoms with van der Waals surface area (Å²) in [6, 6.07) is 17.3. The van der Waals surface area contributed by atoms with Gasteiger partial charge in [0.25, 0.3) is 0 Å². The van der Waals surface area contributed by atoms with Crippen LogP contribution in [0.25, 0.3) is 0 Å². The summed E-state index contributed by atoms with van der Waals surface area (Å²) in [6.07, 6.45) is -0.416. The normalized spacial score (nSPS) is 14.8. The second-order valence-corrected chi connectivity index (χ2v) is 8.05. The third-order valence-corrected chi connectivity index (χ3v) is 5.75. The number of amides is 1. The van der Waals surface area contributed by atoms with Crippen LogP contribution < -0.4 is 4.74 Å². The van der Waals surface area contributed by atoms with E-state index in [1.165, 1.54) is 0 Å². The van der Waals surface area contributed by atoms with E-state index in [0.29, 0.717) is 44.9 Å². The maximum atomic E-state index is 12.4. The Bertz CT molecular complexity index is 994. The quantitative estimate of drug-likeness (QED) is 0.393. The lowest BCUT2D eigenvalue weighted by Crippen LogP contribution is -2.50. The fourth-order valence-corrected chi connectivity index (χ4v) is 3.83. The van der Waals surface area contributed by atoms with Gasteiger partial charge in [-0.05, 0) is 42.3 Å². The molecule has 1 amide bonds. The number of rotatable bonds is 10. The number of ether oxygens (including phenoxy) is 3. The van der Waals surface area contributed by atoms with E-state index < -0.39 is 5.97 Å². The fourth-order valence-electron chi connectivity index (χ4n) is 3.83. The fraction of sp³-hybridized carbons (Fsp3) is 0.423. The molecule has 0 unspecified atom stereocenters. The third-order valence-electron chi connectivity index (χ3n) is 5.75. The van der Waals surface area contributed by atoms with Gasteiger partial charge in [0.1, 0.15) is 12.2 Å². The Balaban J connectivity index is 1.61. The molecule has 1 aliphatic heterocycles. The van der Waals surface area contributed by atoms with Crippen LogP contribution >= 0.6 is 0 Å². The molecule has 180 valence electrons. The van der Waals surface area contributed by atoms with Crippen LogP contribution in [-0.2, 0) is 25.7 Å². The Morgan fingerprint density at radius 1 is 1.09 bits per heavy atom. The second kappa shape index (κ2) is 12.7. The highest BCUT2D eigenvalue weighted by molar-refractivity contribution is 5.94. The predicted octanol–water partition coefficient (Wildman–Crippen LogP) is 2.92. The highest BCUT2D eigenvalue weighted by Gasteiger charge is 2.25. The lowest BCUT2D eigenvalue weighted by Gasteiger charge is -2.36. The van der Waals surface area contributed by atoms with Crippen molar-refractivity contribution in [2.24, 2.45) is 0 Å². The van der Waals surface area contributed by atoms with E-state index >= 15 is 0 Å². The summed E-state index contributed by atoms with van der Waals surface area (Å²) in [5.74, 6) is 0.0857. The molecule has 2 aromatic carbocycles. The van der Waals surface area contributed by atoms with Gasteiger partial charge in [0.05, 0.1) is 38.1 Å². The molecule has 1 saturated heterocycles. The number of hydrogen-bond acceptors (Lipinski definition) is 7. The van der Waals surface area contributed by atoms with Crippen LogP contribution in [0.15, 0.2) is 48.5 Å². The van der Waals surface area contributed by atoms with Crippen molar-refractivity contribution in [1.29, 1.82) is 5.26 Å². The smallest absolute Gasteiger partial charge is 0.315 e. The van der Waals surface area contributed by atoms with Crippen LogP contribution in [0.4, 0.5) is 0 Å². The average Bonchev–Trinajstić information content (AvgIpc) is 2.87. The zero-order valence-electron chi connectivity index (χ0n) is 19.7. The van der Waals surface area contributed by atoms with Crippen LogP contribution in [-0.4, -0.2) is 68.1 Å². The van der Waals surface area contributed by atoms with Gasteiger partial charge in [-0.15, -0.1) is 0 Å². The molecule has 0 saturated carbocycles. The second-order valence-electron chi connectivity index (χ2n) is 8.05. The molecule has 0 N–H and O–H groups in total. The number of nitrogens with zero attached hydrogens (tertiary/aromatic N) is 3. The minimum atomic E-state index is -0.482. The molecular formula is C26H31N3O5. The van der Waals surface area contributed by atoms with E-state index in [2.05, 4.69) is 11.0 Å². The molecule has 8 nitrogen and oxygen atoms in total.